The number of para-hydroxylation sites is 1. The third-order valence-corrected chi connectivity index (χ3v) is 7.32. The molecule has 5 rings (SSSR count). The molecule has 3 N–H and O–H groups in total. The van der Waals surface area contributed by atoms with Gasteiger partial charge in [0, 0.05) is 35.2 Å². The number of benzene rings is 2. The van der Waals surface area contributed by atoms with Gasteiger partial charge in [0.05, 0.1) is 26.2 Å². The van der Waals surface area contributed by atoms with Crippen LogP contribution in [0, 0.1) is 5.92 Å². The number of fused-ring (bicyclic) bond motifs is 3. The minimum Gasteiger partial charge on any atom is -0.496 e. The molecule has 0 radical (unpaired) electrons. The van der Waals surface area contributed by atoms with Crippen LogP contribution in [0.4, 0.5) is 5.69 Å². The summed E-state index contributed by atoms with van der Waals surface area (Å²) < 4.78 is 17.5. The lowest BCUT2D eigenvalue weighted by Crippen LogP contribution is -2.47. The van der Waals surface area contributed by atoms with Crippen molar-refractivity contribution in [3.8, 4) is 11.5 Å². The summed E-state index contributed by atoms with van der Waals surface area (Å²) in [4.78, 5) is 25.1. The van der Waals surface area contributed by atoms with E-state index in [-0.39, 0.29) is 48.9 Å². The normalized spacial score (nSPS) is 25.0. The molecule has 2 aromatic carbocycles. The van der Waals surface area contributed by atoms with Crippen molar-refractivity contribution in [3.05, 3.63) is 53.6 Å². The summed E-state index contributed by atoms with van der Waals surface area (Å²) in [6, 6.07) is 13.2. The van der Waals surface area contributed by atoms with Gasteiger partial charge in [-0.25, -0.2) is 0 Å². The van der Waals surface area contributed by atoms with Crippen LogP contribution in [0.1, 0.15) is 49.1 Å². The van der Waals surface area contributed by atoms with Crippen molar-refractivity contribution in [1.29, 1.82) is 0 Å². The molecule has 0 spiro atoms. The second kappa shape index (κ2) is 10.3. The van der Waals surface area contributed by atoms with Gasteiger partial charge in [-0.2, -0.15) is 0 Å². The number of anilines is 1. The monoisotopic (exact) mass is 480 g/mol. The van der Waals surface area contributed by atoms with Crippen molar-refractivity contribution in [2.75, 3.05) is 19.0 Å². The number of carbonyl (C=O) groups is 2. The Kier molecular flexibility index (Phi) is 6.92. The van der Waals surface area contributed by atoms with Crippen LogP contribution in [0.5, 0.6) is 11.5 Å². The van der Waals surface area contributed by atoms with Crippen molar-refractivity contribution < 1.29 is 28.9 Å². The number of rotatable bonds is 8. The Labute approximate surface area is 205 Å². The second-order valence-corrected chi connectivity index (χ2v) is 9.57. The Hall–Kier alpha value is -3.10. The van der Waals surface area contributed by atoms with E-state index in [0.717, 1.165) is 47.6 Å². The molecule has 1 saturated heterocycles. The van der Waals surface area contributed by atoms with E-state index >= 15 is 0 Å². The standard InChI is InChI=1S/C27H32N2O6/c1-33-22-8-3-2-5-17(22)14-28-25(31)13-19-12-21-20-11-18(29-27(32)16-6-4-7-16)9-10-23(20)35-26(21)24(15-30)34-19/h2-3,5,8-11,16,19,21,24,26,30H,4,6-7,12-15H2,1H3,(H,28,31)(H,29,32)/t19-,21+,24-,26-/m1/s1. The highest BCUT2D eigenvalue weighted by Crippen LogP contribution is 2.47. The van der Waals surface area contributed by atoms with Crippen LogP contribution in [-0.4, -0.2) is 48.9 Å². The van der Waals surface area contributed by atoms with E-state index in [4.69, 9.17) is 14.2 Å². The molecule has 2 fully saturated rings. The molecule has 3 aliphatic rings. The zero-order valence-electron chi connectivity index (χ0n) is 19.9. The number of methoxy groups -OCH3 is 1. The molecule has 1 saturated carbocycles. The van der Waals surface area contributed by atoms with Crippen molar-refractivity contribution in [2.24, 2.45) is 5.92 Å². The van der Waals surface area contributed by atoms with Crippen molar-refractivity contribution in [2.45, 2.75) is 62.9 Å². The molecular formula is C27H32N2O6. The third-order valence-electron chi connectivity index (χ3n) is 7.32. The SMILES string of the molecule is COc1ccccc1CNC(=O)C[C@H]1C[C@H]2c3cc(NC(=O)C4CCC4)ccc3O[C@H]2[C@@H](CO)O1. The van der Waals surface area contributed by atoms with Crippen LogP contribution in [0.25, 0.3) is 0 Å². The van der Waals surface area contributed by atoms with Crippen LogP contribution in [0.15, 0.2) is 42.5 Å². The predicted octanol–water partition coefficient (Wildman–Crippen LogP) is 3.13. The van der Waals surface area contributed by atoms with Crippen LogP contribution in [0.2, 0.25) is 0 Å². The number of nitrogens with one attached hydrogen (secondary N) is 2. The first-order chi connectivity index (χ1) is 17.1. The Morgan fingerprint density at radius 2 is 2.00 bits per heavy atom. The number of amides is 2. The van der Waals surface area contributed by atoms with Crippen molar-refractivity contribution in [3.63, 3.8) is 0 Å². The fourth-order valence-electron chi connectivity index (χ4n) is 5.20. The maximum absolute atomic E-state index is 12.7. The van der Waals surface area contributed by atoms with Gasteiger partial charge in [-0.1, -0.05) is 24.6 Å². The van der Waals surface area contributed by atoms with E-state index < -0.39 is 6.10 Å². The van der Waals surface area contributed by atoms with Crippen LogP contribution < -0.4 is 20.1 Å². The molecule has 2 amide bonds. The lowest BCUT2D eigenvalue weighted by molar-refractivity contribution is -0.142. The summed E-state index contributed by atoms with van der Waals surface area (Å²) in [6.07, 6.45) is 2.58. The molecule has 0 aromatic heterocycles. The Balaban J connectivity index is 1.24. The number of hydrogen-bond donors (Lipinski definition) is 3. The zero-order chi connectivity index (χ0) is 24.4. The van der Waals surface area contributed by atoms with E-state index in [9.17, 15) is 14.7 Å². The Morgan fingerprint density at radius 1 is 1.17 bits per heavy atom. The largest absolute Gasteiger partial charge is 0.496 e. The predicted molar refractivity (Wildman–Crippen MR) is 129 cm³/mol. The van der Waals surface area contributed by atoms with Gasteiger partial charge in [-0.3, -0.25) is 9.59 Å². The van der Waals surface area contributed by atoms with Crippen LogP contribution in [-0.2, 0) is 20.9 Å². The number of carbonyl (C=O) groups excluding carboxylic acids is 2. The first kappa shape index (κ1) is 23.6. The average molecular weight is 481 g/mol. The summed E-state index contributed by atoms with van der Waals surface area (Å²) in [5.41, 5.74) is 2.64. The number of aliphatic hydroxyl groups excluding tert-OH is 1. The summed E-state index contributed by atoms with van der Waals surface area (Å²) in [7, 11) is 1.60. The second-order valence-electron chi connectivity index (χ2n) is 9.57. The van der Waals surface area contributed by atoms with Crippen molar-refractivity contribution in [1.82, 2.24) is 5.32 Å². The summed E-state index contributed by atoms with van der Waals surface area (Å²) >= 11 is 0. The highest BCUT2D eigenvalue weighted by Gasteiger charge is 2.46. The van der Waals surface area contributed by atoms with Crippen LogP contribution >= 0.6 is 0 Å². The Bertz CT molecular complexity index is 1090. The highest BCUT2D eigenvalue weighted by atomic mass is 16.6. The third kappa shape index (κ3) is 4.99. The number of aliphatic hydroxyl groups is 1. The molecule has 8 heteroatoms. The van der Waals surface area contributed by atoms with Gasteiger partial charge in [-0.05, 0) is 43.5 Å². The van der Waals surface area contributed by atoms with Gasteiger partial charge >= 0.3 is 0 Å². The fourth-order valence-corrected chi connectivity index (χ4v) is 5.20. The first-order valence-corrected chi connectivity index (χ1v) is 12.3. The molecule has 2 heterocycles. The summed E-state index contributed by atoms with van der Waals surface area (Å²) in [5.74, 6) is 1.49. The van der Waals surface area contributed by atoms with E-state index in [1.807, 2.05) is 42.5 Å². The molecule has 8 nitrogen and oxygen atoms in total. The first-order valence-electron chi connectivity index (χ1n) is 12.3. The van der Waals surface area contributed by atoms with E-state index in [1.165, 1.54) is 0 Å². The van der Waals surface area contributed by atoms with E-state index in [0.29, 0.717) is 13.0 Å². The zero-order valence-corrected chi connectivity index (χ0v) is 19.9. The smallest absolute Gasteiger partial charge is 0.227 e. The topological polar surface area (TPSA) is 106 Å². The summed E-state index contributed by atoms with van der Waals surface area (Å²) in [6.45, 7) is 0.167. The molecular weight excluding hydrogens is 448 g/mol. The fraction of sp³-hybridized carbons (Fsp3) is 0.481. The molecule has 35 heavy (non-hydrogen) atoms. The van der Waals surface area contributed by atoms with Crippen LogP contribution in [0.3, 0.4) is 0 Å². The molecule has 4 atom stereocenters. The van der Waals surface area contributed by atoms with E-state index in [2.05, 4.69) is 10.6 Å². The van der Waals surface area contributed by atoms with Gasteiger partial charge in [-0.15, -0.1) is 0 Å². The average Bonchev–Trinajstić information content (AvgIpc) is 3.19. The number of ether oxygens (including phenoxy) is 3. The van der Waals surface area contributed by atoms with Gasteiger partial charge < -0.3 is 30.0 Å². The lowest BCUT2D eigenvalue weighted by Gasteiger charge is -2.37. The lowest BCUT2D eigenvalue weighted by atomic mass is 9.83. The summed E-state index contributed by atoms with van der Waals surface area (Å²) in [5, 5.41) is 15.9. The Morgan fingerprint density at radius 3 is 2.74 bits per heavy atom. The maximum atomic E-state index is 12.7. The van der Waals surface area contributed by atoms with Crippen molar-refractivity contribution >= 4 is 17.5 Å². The van der Waals surface area contributed by atoms with Gasteiger partial charge in [0.2, 0.25) is 11.8 Å². The molecule has 2 aliphatic heterocycles. The minimum absolute atomic E-state index is 0.0246. The molecule has 1 aliphatic carbocycles. The molecule has 2 aromatic rings. The minimum atomic E-state index is -0.527. The maximum Gasteiger partial charge on any atom is 0.227 e. The molecule has 0 unspecified atom stereocenters. The molecule has 186 valence electrons. The van der Waals surface area contributed by atoms with Gasteiger partial charge in [0.1, 0.15) is 23.7 Å². The number of hydrogen-bond acceptors (Lipinski definition) is 6. The highest BCUT2D eigenvalue weighted by molar-refractivity contribution is 5.93. The molecule has 0 bridgehead atoms. The van der Waals surface area contributed by atoms with Gasteiger partial charge in [0.25, 0.3) is 0 Å². The quantitative estimate of drug-likeness (QED) is 0.536. The van der Waals surface area contributed by atoms with Gasteiger partial charge in [0.15, 0.2) is 0 Å². The van der Waals surface area contributed by atoms with E-state index in [1.54, 1.807) is 7.11 Å².